The van der Waals surface area contributed by atoms with Crippen LogP contribution in [0.15, 0.2) is 18.2 Å². The number of hydrogen-bond acceptors (Lipinski definition) is 5. The highest BCUT2D eigenvalue weighted by Crippen LogP contribution is 2.22. The van der Waals surface area contributed by atoms with Crippen LogP contribution in [-0.4, -0.2) is 61.4 Å². The third kappa shape index (κ3) is 5.52. The van der Waals surface area contributed by atoms with E-state index in [1.165, 1.54) is 13.0 Å². The van der Waals surface area contributed by atoms with E-state index < -0.39 is 11.8 Å². The van der Waals surface area contributed by atoms with Crippen molar-refractivity contribution in [3.63, 3.8) is 0 Å². The second-order valence-corrected chi connectivity index (χ2v) is 6.66. The number of carbonyl (C=O) groups is 3. The molecule has 1 saturated heterocycles. The van der Waals surface area contributed by atoms with E-state index in [0.29, 0.717) is 37.4 Å². The lowest BCUT2D eigenvalue weighted by molar-refractivity contribution is -0.121. The summed E-state index contributed by atoms with van der Waals surface area (Å²) < 4.78 is 14.2. The first-order valence-corrected chi connectivity index (χ1v) is 8.64. The fraction of sp³-hybridized carbons (Fsp3) is 0.500. The van der Waals surface area contributed by atoms with Crippen LogP contribution < -0.4 is 15.5 Å². The lowest BCUT2D eigenvalue weighted by Gasteiger charge is -2.35. The van der Waals surface area contributed by atoms with Crippen molar-refractivity contribution < 1.29 is 18.8 Å². The summed E-state index contributed by atoms with van der Waals surface area (Å²) in [5.74, 6) is -0.962. The van der Waals surface area contributed by atoms with Gasteiger partial charge in [0, 0.05) is 37.8 Å². The standard InChI is InChI=1S/C18H25FN4O3/c1-12(2)20-18(26)21-17(25)11-22-6-8-23(9-7-22)16-5-4-14(13(3)24)10-15(16)19/h4-5,10,12H,6-9,11H2,1-3H3,(H2,20,21,25,26). The zero-order valence-electron chi connectivity index (χ0n) is 15.3. The molecule has 0 spiro atoms. The lowest BCUT2D eigenvalue weighted by Crippen LogP contribution is -2.51. The predicted molar refractivity (Wildman–Crippen MR) is 96.9 cm³/mol. The van der Waals surface area contributed by atoms with Crippen molar-refractivity contribution in [2.24, 2.45) is 0 Å². The first-order chi connectivity index (χ1) is 12.3. The molecule has 8 heteroatoms. The van der Waals surface area contributed by atoms with E-state index in [1.807, 2.05) is 23.6 Å². The number of piperazine rings is 1. The monoisotopic (exact) mass is 364 g/mol. The zero-order valence-corrected chi connectivity index (χ0v) is 15.3. The summed E-state index contributed by atoms with van der Waals surface area (Å²) in [5.41, 5.74) is 0.802. The van der Waals surface area contributed by atoms with E-state index in [1.54, 1.807) is 12.1 Å². The Hall–Kier alpha value is -2.48. The number of imide groups is 1. The minimum atomic E-state index is -0.503. The molecule has 1 fully saturated rings. The summed E-state index contributed by atoms with van der Waals surface area (Å²) in [6.07, 6.45) is 0. The van der Waals surface area contributed by atoms with Crippen LogP contribution in [0.4, 0.5) is 14.9 Å². The molecule has 0 aliphatic carbocycles. The number of urea groups is 1. The fourth-order valence-electron chi connectivity index (χ4n) is 2.80. The molecule has 0 aromatic heterocycles. The van der Waals surface area contributed by atoms with Crippen LogP contribution in [0.1, 0.15) is 31.1 Å². The van der Waals surface area contributed by atoms with Gasteiger partial charge in [0.15, 0.2) is 5.78 Å². The van der Waals surface area contributed by atoms with Crippen molar-refractivity contribution in [2.45, 2.75) is 26.8 Å². The van der Waals surface area contributed by atoms with Gasteiger partial charge in [-0.2, -0.15) is 0 Å². The Morgan fingerprint density at radius 3 is 2.35 bits per heavy atom. The molecule has 0 bridgehead atoms. The Kier molecular flexibility index (Phi) is 6.68. The third-order valence-corrected chi connectivity index (χ3v) is 4.11. The maximum Gasteiger partial charge on any atom is 0.321 e. The minimum Gasteiger partial charge on any atom is -0.367 e. The summed E-state index contributed by atoms with van der Waals surface area (Å²) in [6.45, 7) is 7.41. The average molecular weight is 364 g/mol. The number of benzene rings is 1. The van der Waals surface area contributed by atoms with E-state index >= 15 is 0 Å². The number of nitrogens with one attached hydrogen (secondary N) is 2. The van der Waals surface area contributed by atoms with Gasteiger partial charge in [-0.1, -0.05) is 0 Å². The van der Waals surface area contributed by atoms with E-state index in [9.17, 15) is 18.8 Å². The number of Topliss-reactive ketones (excluding diaryl/α,β-unsaturated/α-hetero) is 1. The molecule has 7 nitrogen and oxygen atoms in total. The van der Waals surface area contributed by atoms with Crippen LogP contribution in [0.2, 0.25) is 0 Å². The molecule has 0 unspecified atom stereocenters. The number of rotatable bonds is 5. The smallest absolute Gasteiger partial charge is 0.321 e. The van der Waals surface area contributed by atoms with Gasteiger partial charge in [0.05, 0.1) is 12.2 Å². The third-order valence-electron chi connectivity index (χ3n) is 4.11. The van der Waals surface area contributed by atoms with Gasteiger partial charge in [-0.25, -0.2) is 9.18 Å². The van der Waals surface area contributed by atoms with Gasteiger partial charge in [-0.05, 0) is 39.0 Å². The topological polar surface area (TPSA) is 81.8 Å². The van der Waals surface area contributed by atoms with Crippen molar-refractivity contribution in [2.75, 3.05) is 37.6 Å². The summed E-state index contributed by atoms with van der Waals surface area (Å²) in [4.78, 5) is 38.5. The molecular weight excluding hydrogens is 339 g/mol. The second-order valence-electron chi connectivity index (χ2n) is 6.66. The normalized spacial score (nSPS) is 15.0. The summed E-state index contributed by atoms with van der Waals surface area (Å²) >= 11 is 0. The van der Waals surface area contributed by atoms with Crippen LogP contribution in [0, 0.1) is 5.82 Å². The zero-order chi connectivity index (χ0) is 19.3. The van der Waals surface area contributed by atoms with Crippen LogP contribution in [0.5, 0.6) is 0 Å². The van der Waals surface area contributed by atoms with Gasteiger partial charge in [0.25, 0.3) is 0 Å². The number of hydrogen-bond donors (Lipinski definition) is 2. The van der Waals surface area contributed by atoms with Gasteiger partial charge >= 0.3 is 6.03 Å². The molecule has 1 aromatic rings. The summed E-state index contributed by atoms with van der Waals surface area (Å²) in [7, 11) is 0. The number of ketones is 1. The largest absolute Gasteiger partial charge is 0.367 e. The van der Waals surface area contributed by atoms with Crippen molar-refractivity contribution in [3.8, 4) is 0 Å². The van der Waals surface area contributed by atoms with Crippen molar-refractivity contribution in [1.29, 1.82) is 0 Å². The number of amides is 3. The van der Waals surface area contributed by atoms with Crippen LogP contribution >= 0.6 is 0 Å². The molecule has 3 amide bonds. The first kappa shape index (κ1) is 19.8. The van der Waals surface area contributed by atoms with Gasteiger partial charge in [-0.3, -0.25) is 19.8 Å². The second kappa shape index (κ2) is 8.75. The van der Waals surface area contributed by atoms with Crippen molar-refractivity contribution in [3.05, 3.63) is 29.6 Å². The van der Waals surface area contributed by atoms with Crippen molar-refractivity contribution >= 4 is 23.4 Å². The fourth-order valence-corrected chi connectivity index (χ4v) is 2.80. The van der Waals surface area contributed by atoms with Crippen LogP contribution in [0.25, 0.3) is 0 Å². The van der Waals surface area contributed by atoms with Crippen molar-refractivity contribution in [1.82, 2.24) is 15.5 Å². The van der Waals surface area contributed by atoms with E-state index in [4.69, 9.17) is 0 Å². The molecule has 0 saturated carbocycles. The SMILES string of the molecule is CC(=O)c1ccc(N2CCN(CC(=O)NC(=O)NC(C)C)CC2)c(F)c1. The van der Waals surface area contributed by atoms with E-state index in [2.05, 4.69) is 10.6 Å². The highest BCUT2D eigenvalue weighted by molar-refractivity contribution is 5.95. The molecule has 1 aliphatic heterocycles. The predicted octanol–water partition coefficient (Wildman–Crippen LogP) is 1.38. The molecule has 1 aliphatic rings. The Balaban J connectivity index is 1.84. The van der Waals surface area contributed by atoms with Crippen LogP contribution in [0.3, 0.4) is 0 Å². The molecule has 0 radical (unpaired) electrons. The maximum atomic E-state index is 14.2. The molecule has 0 atom stereocenters. The summed E-state index contributed by atoms with van der Waals surface area (Å²) in [5, 5.41) is 4.89. The number of anilines is 1. The molecular formula is C18H25FN4O3. The average Bonchev–Trinajstić information content (AvgIpc) is 2.54. The molecule has 26 heavy (non-hydrogen) atoms. The number of carbonyl (C=O) groups excluding carboxylic acids is 3. The van der Waals surface area contributed by atoms with Gasteiger partial charge in [-0.15, -0.1) is 0 Å². The van der Waals surface area contributed by atoms with Gasteiger partial charge < -0.3 is 10.2 Å². The molecule has 1 heterocycles. The molecule has 142 valence electrons. The Morgan fingerprint density at radius 1 is 1.15 bits per heavy atom. The molecule has 2 rings (SSSR count). The lowest BCUT2D eigenvalue weighted by atomic mass is 10.1. The molecule has 2 N–H and O–H groups in total. The minimum absolute atomic E-state index is 0.0457. The Morgan fingerprint density at radius 2 is 1.81 bits per heavy atom. The van der Waals surface area contributed by atoms with E-state index in [-0.39, 0.29) is 24.3 Å². The quantitative estimate of drug-likeness (QED) is 0.772. The summed E-state index contributed by atoms with van der Waals surface area (Å²) in [6, 6.07) is 3.94. The number of nitrogens with zero attached hydrogens (tertiary/aromatic N) is 2. The first-order valence-electron chi connectivity index (χ1n) is 8.64. The van der Waals surface area contributed by atoms with Crippen LogP contribution in [-0.2, 0) is 4.79 Å². The highest BCUT2D eigenvalue weighted by atomic mass is 19.1. The highest BCUT2D eigenvalue weighted by Gasteiger charge is 2.22. The number of halogens is 1. The Bertz CT molecular complexity index is 685. The van der Waals surface area contributed by atoms with Gasteiger partial charge in [0.2, 0.25) is 5.91 Å². The van der Waals surface area contributed by atoms with E-state index in [0.717, 1.165) is 0 Å². The van der Waals surface area contributed by atoms with Gasteiger partial charge in [0.1, 0.15) is 5.82 Å². The maximum absolute atomic E-state index is 14.2. The molecule has 1 aromatic carbocycles. The Labute approximate surface area is 152 Å².